The third-order valence-electron chi connectivity index (χ3n) is 4.52. The van der Waals surface area contributed by atoms with Gasteiger partial charge in [-0.05, 0) is 54.1 Å². The second-order valence-corrected chi connectivity index (χ2v) is 11.4. The number of hydrogen-bond acceptors (Lipinski definition) is 4. The molecule has 3 aromatic rings. The minimum atomic E-state index is -4.06. The molecule has 0 heterocycles. The molecule has 1 N–H and O–H groups in total. The summed E-state index contributed by atoms with van der Waals surface area (Å²) < 4.78 is 28.4. The van der Waals surface area contributed by atoms with Gasteiger partial charge in [0.25, 0.3) is 5.91 Å². The summed E-state index contributed by atoms with van der Waals surface area (Å²) >= 11 is 27.6. The molecule has 3 aromatic carbocycles. The van der Waals surface area contributed by atoms with Crippen LogP contribution in [0.25, 0.3) is 0 Å². The molecule has 34 heavy (non-hydrogen) atoms. The molecular weight excluding hydrogens is 608 g/mol. The summed E-state index contributed by atoms with van der Waals surface area (Å²) in [6, 6.07) is 15.7. The molecule has 3 rings (SSSR count). The summed E-state index contributed by atoms with van der Waals surface area (Å²) in [5.74, 6) is -0.676. The van der Waals surface area contributed by atoms with Crippen molar-refractivity contribution in [3.63, 3.8) is 0 Å². The lowest BCUT2D eigenvalue weighted by molar-refractivity contribution is -0.121. The van der Waals surface area contributed by atoms with E-state index in [1.54, 1.807) is 42.5 Å². The topological polar surface area (TPSA) is 78.8 Å². The molecule has 0 aliphatic heterocycles. The van der Waals surface area contributed by atoms with Crippen molar-refractivity contribution < 1.29 is 13.2 Å². The third-order valence-corrected chi connectivity index (χ3v) is 8.10. The Hall–Kier alpha value is -1.65. The Morgan fingerprint density at radius 3 is 2.24 bits per heavy atom. The molecule has 178 valence electrons. The largest absolute Gasteiger partial charge is 0.272 e. The molecule has 0 unspecified atom stereocenters. The van der Waals surface area contributed by atoms with Crippen molar-refractivity contribution in [3.8, 4) is 0 Å². The highest BCUT2D eigenvalue weighted by Gasteiger charge is 2.27. The maximum atomic E-state index is 13.3. The summed E-state index contributed by atoms with van der Waals surface area (Å²) in [5, 5.41) is 5.23. The molecule has 0 radical (unpaired) electrons. The molecule has 1 amide bonds. The molecule has 6 nitrogen and oxygen atoms in total. The summed E-state index contributed by atoms with van der Waals surface area (Å²) in [5.41, 5.74) is 3.20. The first-order chi connectivity index (χ1) is 16.1. The maximum Gasteiger partial charge on any atom is 0.255 e. The zero-order chi connectivity index (χ0) is 24.9. The molecular formula is C22H16BrCl4N3O3S. The van der Waals surface area contributed by atoms with Gasteiger partial charge in [-0.1, -0.05) is 74.5 Å². The first-order valence-corrected chi connectivity index (χ1v) is 13.3. The van der Waals surface area contributed by atoms with Crippen molar-refractivity contribution in [1.82, 2.24) is 9.73 Å². The molecule has 0 saturated heterocycles. The first-order valence-electron chi connectivity index (χ1n) is 9.53. The summed E-state index contributed by atoms with van der Waals surface area (Å²) in [7, 11) is -4.06. The number of sulfonamides is 1. The van der Waals surface area contributed by atoms with Crippen LogP contribution >= 0.6 is 62.3 Å². The van der Waals surface area contributed by atoms with Gasteiger partial charge in [0.05, 0.1) is 27.7 Å². The van der Waals surface area contributed by atoms with Crippen LogP contribution in [-0.2, 0) is 21.4 Å². The van der Waals surface area contributed by atoms with E-state index in [1.807, 2.05) is 0 Å². The molecule has 0 aliphatic rings. The highest BCUT2D eigenvalue weighted by atomic mass is 79.9. The quantitative estimate of drug-likeness (QED) is 0.233. The highest BCUT2D eigenvalue weighted by molar-refractivity contribution is 9.10. The van der Waals surface area contributed by atoms with Crippen LogP contribution in [0.1, 0.15) is 11.1 Å². The van der Waals surface area contributed by atoms with E-state index in [-0.39, 0.29) is 16.5 Å². The van der Waals surface area contributed by atoms with Crippen LogP contribution in [0.15, 0.2) is 75.1 Å². The van der Waals surface area contributed by atoms with Crippen LogP contribution < -0.4 is 5.43 Å². The van der Waals surface area contributed by atoms with Crippen LogP contribution in [0.2, 0.25) is 20.1 Å². The van der Waals surface area contributed by atoms with Gasteiger partial charge in [0.15, 0.2) is 0 Å². The molecule has 0 aliphatic carbocycles. The van der Waals surface area contributed by atoms with Gasteiger partial charge in [-0.3, -0.25) is 4.79 Å². The SMILES string of the molecule is O=C(CN(Cc1ccc(Cl)cc1Cl)S(=O)(=O)c1ccc(Br)cc1)N/N=C/c1c(Cl)cccc1Cl. The van der Waals surface area contributed by atoms with Crippen LogP contribution in [0, 0.1) is 0 Å². The number of carbonyl (C=O) groups is 1. The standard InChI is InChI=1S/C22H16BrCl4N3O3S/c23-15-5-8-17(9-6-15)34(32,33)30(12-14-4-7-16(24)10-21(14)27)13-22(31)29-28-11-18-19(25)2-1-3-20(18)26/h1-11H,12-13H2,(H,29,31)/b28-11+. The third kappa shape index (κ3) is 6.95. The Morgan fingerprint density at radius 1 is 0.971 bits per heavy atom. The molecule has 0 bridgehead atoms. The van der Waals surface area contributed by atoms with Crippen LogP contribution in [0.3, 0.4) is 0 Å². The van der Waals surface area contributed by atoms with Gasteiger partial charge in [-0.15, -0.1) is 0 Å². The van der Waals surface area contributed by atoms with Gasteiger partial charge in [0.2, 0.25) is 10.0 Å². The van der Waals surface area contributed by atoms with Crippen molar-refractivity contribution in [2.24, 2.45) is 5.10 Å². The van der Waals surface area contributed by atoms with E-state index in [2.05, 4.69) is 26.5 Å². The fraction of sp³-hybridized carbons (Fsp3) is 0.0909. The number of hydrogen-bond donors (Lipinski definition) is 1. The Balaban J connectivity index is 1.85. The number of halogens is 5. The number of carbonyl (C=O) groups excluding carboxylic acids is 1. The van der Waals surface area contributed by atoms with E-state index in [9.17, 15) is 13.2 Å². The Morgan fingerprint density at radius 2 is 1.62 bits per heavy atom. The lowest BCUT2D eigenvalue weighted by Gasteiger charge is -2.22. The van der Waals surface area contributed by atoms with Crippen LogP contribution in [0.4, 0.5) is 0 Å². The maximum absolute atomic E-state index is 13.3. The second-order valence-electron chi connectivity index (χ2n) is 6.89. The Bertz CT molecular complexity index is 1320. The van der Waals surface area contributed by atoms with E-state index in [4.69, 9.17) is 46.4 Å². The number of hydrazone groups is 1. The van der Waals surface area contributed by atoms with Gasteiger partial charge < -0.3 is 0 Å². The molecule has 0 saturated carbocycles. The number of nitrogens with zero attached hydrogens (tertiary/aromatic N) is 2. The van der Waals surface area contributed by atoms with Gasteiger partial charge in [0.1, 0.15) is 0 Å². The van der Waals surface area contributed by atoms with Gasteiger partial charge >= 0.3 is 0 Å². The van der Waals surface area contributed by atoms with Gasteiger partial charge in [0, 0.05) is 26.6 Å². The van der Waals surface area contributed by atoms with Gasteiger partial charge in [-0.2, -0.15) is 9.41 Å². The van der Waals surface area contributed by atoms with E-state index >= 15 is 0 Å². The first kappa shape index (κ1) is 26.9. The van der Waals surface area contributed by atoms with Crippen molar-refractivity contribution in [3.05, 3.63) is 96.4 Å². The summed E-state index contributed by atoms with van der Waals surface area (Å²) in [4.78, 5) is 12.6. The highest BCUT2D eigenvalue weighted by Crippen LogP contribution is 2.26. The van der Waals surface area contributed by atoms with E-state index in [1.165, 1.54) is 24.4 Å². The number of benzene rings is 3. The zero-order valence-corrected chi connectivity index (χ0v) is 22.6. The average molecular weight is 624 g/mol. The summed E-state index contributed by atoms with van der Waals surface area (Å²) in [6.07, 6.45) is 1.28. The van der Waals surface area contributed by atoms with E-state index in [0.717, 1.165) is 4.31 Å². The molecule has 0 atom stereocenters. The normalized spacial score (nSPS) is 11.8. The van der Waals surface area contributed by atoms with E-state index < -0.39 is 22.5 Å². The number of nitrogens with one attached hydrogen (secondary N) is 1. The minimum absolute atomic E-state index is 0.0138. The van der Waals surface area contributed by atoms with Crippen molar-refractivity contribution in [1.29, 1.82) is 0 Å². The number of amides is 1. The van der Waals surface area contributed by atoms with Crippen LogP contribution in [-0.4, -0.2) is 31.4 Å². The smallest absolute Gasteiger partial charge is 0.255 e. The molecule has 0 spiro atoms. The Labute approximate surface area is 225 Å². The Kier molecular flexibility index (Phi) is 9.40. The lowest BCUT2D eigenvalue weighted by atomic mass is 10.2. The minimum Gasteiger partial charge on any atom is -0.272 e. The zero-order valence-electron chi connectivity index (χ0n) is 17.2. The van der Waals surface area contributed by atoms with Crippen molar-refractivity contribution in [2.45, 2.75) is 11.4 Å². The fourth-order valence-electron chi connectivity index (χ4n) is 2.82. The fourth-order valence-corrected chi connectivity index (χ4v) is 5.42. The monoisotopic (exact) mass is 621 g/mol. The number of rotatable bonds is 8. The lowest BCUT2D eigenvalue weighted by Crippen LogP contribution is -2.39. The molecule has 0 aromatic heterocycles. The predicted octanol–water partition coefficient (Wildman–Crippen LogP) is 6.40. The second kappa shape index (κ2) is 11.9. The van der Waals surface area contributed by atoms with Crippen molar-refractivity contribution >= 4 is 84.5 Å². The van der Waals surface area contributed by atoms with Crippen molar-refractivity contribution in [2.75, 3.05) is 6.54 Å². The molecule has 0 fully saturated rings. The summed E-state index contributed by atoms with van der Waals surface area (Å²) in [6.45, 7) is -0.688. The predicted molar refractivity (Wildman–Crippen MR) is 140 cm³/mol. The van der Waals surface area contributed by atoms with Gasteiger partial charge in [-0.25, -0.2) is 13.8 Å². The molecule has 12 heteroatoms. The van der Waals surface area contributed by atoms with Crippen LogP contribution in [0.5, 0.6) is 0 Å². The van der Waals surface area contributed by atoms with E-state index in [0.29, 0.717) is 30.7 Å². The average Bonchev–Trinajstić information content (AvgIpc) is 2.77.